The van der Waals surface area contributed by atoms with Gasteiger partial charge in [-0.2, -0.15) is 0 Å². The maximum absolute atomic E-state index is 13.1. The van der Waals surface area contributed by atoms with Crippen molar-refractivity contribution in [3.05, 3.63) is 71.8 Å². The fourth-order valence-corrected chi connectivity index (χ4v) is 3.21. The number of nitrogens with one attached hydrogen (secondary N) is 1. The SMILES string of the molecule is CC[C@@H](C)NC(=O)[C@@H](CC)N(CCc1ccccc1)C(=O)Cc1ccccc1. The largest absolute Gasteiger partial charge is 0.352 e. The Morgan fingerprint density at radius 2 is 1.46 bits per heavy atom. The summed E-state index contributed by atoms with van der Waals surface area (Å²) < 4.78 is 0. The number of carbonyl (C=O) groups is 2. The van der Waals surface area contributed by atoms with Crippen LogP contribution in [0.3, 0.4) is 0 Å². The summed E-state index contributed by atoms with van der Waals surface area (Å²) >= 11 is 0. The summed E-state index contributed by atoms with van der Waals surface area (Å²) in [5.41, 5.74) is 2.13. The van der Waals surface area contributed by atoms with Gasteiger partial charge in [-0.25, -0.2) is 0 Å². The molecule has 0 aromatic heterocycles. The quantitative estimate of drug-likeness (QED) is 0.677. The van der Waals surface area contributed by atoms with Crippen molar-refractivity contribution in [3.63, 3.8) is 0 Å². The van der Waals surface area contributed by atoms with Gasteiger partial charge >= 0.3 is 0 Å². The summed E-state index contributed by atoms with van der Waals surface area (Å²) in [6, 6.07) is 19.5. The first-order valence-corrected chi connectivity index (χ1v) is 10.2. The fraction of sp³-hybridized carbons (Fsp3) is 0.417. The average molecular weight is 381 g/mol. The van der Waals surface area contributed by atoms with Crippen LogP contribution < -0.4 is 5.32 Å². The second kappa shape index (κ2) is 11.3. The molecule has 4 nitrogen and oxygen atoms in total. The molecule has 2 aromatic rings. The van der Waals surface area contributed by atoms with Gasteiger partial charge in [0.05, 0.1) is 6.42 Å². The first-order valence-electron chi connectivity index (χ1n) is 10.2. The third-order valence-electron chi connectivity index (χ3n) is 5.07. The summed E-state index contributed by atoms with van der Waals surface area (Å²) in [7, 11) is 0. The number of rotatable bonds is 10. The van der Waals surface area contributed by atoms with E-state index in [0.29, 0.717) is 19.4 Å². The van der Waals surface area contributed by atoms with E-state index in [1.165, 1.54) is 0 Å². The lowest BCUT2D eigenvalue weighted by Crippen LogP contribution is -2.52. The Morgan fingerprint density at radius 1 is 0.893 bits per heavy atom. The number of benzene rings is 2. The summed E-state index contributed by atoms with van der Waals surface area (Å²) in [6.45, 7) is 6.53. The first-order chi connectivity index (χ1) is 13.5. The molecule has 0 bridgehead atoms. The lowest BCUT2D eigenvalue weighted by molar-refractivity contribution is -0.140. The Labute approximate surface area is 169 Å². The van der Waals surface area contributed by atoms with Crippen molar-refractivity contribution in [1.82, 2.24) is 10.2 Å². The van der Waals surface area contributed by atoms with E-state index >= 15 is 0 Å². The third-order valence-corrected chi connectivity index (χ3v) is 5.07. The van der Waals surface area contributed by atoms with Crippen LogP contribution in [0.25, 0.3) is 0 Å². The number of carbonyl (C=O) groups excluding carboxylic acids is 2. The van der Waals surface area contributed by atoms with Gasteiger partial charge in [0.25, 0.3) is 0 Å². The lowest BCUT2D eigenvalue weighted by Gasteiger charge is -2.31. The molecule has 150 valence electrons. The molecule has 2 amide bonds. The second-order valence-electron chi connectivity index (χ2n) is 7.23. The molecule has 0 saturated heterocycles. The molecule has 1 N–H and O–H groups in total. The summed E-state index contributed by atoms with van der Waals surface area (Å²) in [4.78, 5) is 27.7. The fourth-order valence-electron chi connectivity index (χ4n) is 3.21. The van der Waals surface area contributed by atoms with Crippen LogP contribution in [0.2, 0.25) is 0 Å². The van der Waals surface area contributed by atoms with Gasteiger partial charge in [0.15, 0.2) is 0 Å². The van der Waals surface area contributed by atoms with Gasteiger partial charge < -0.3 is 10.2 Å². The van der Waals surface area contributed by atoms with E-state index in [2.05, 4.69) is 17.4 Å². The van der Waals surface area contributed by atoms with E-state index in [0.717, 1.165) is 24.0 Å². The molecule has 0 fully saturated rings. The minimum absolute atomic E-state index is 0.00622. The van der Waals surface area contributed by atoms with Gasteiger partial charge in [0.1, 0.15) is 6.04 Å². The predicted molar refractivity (Wildman–Crippen MR) is 114 cm³/mol. The maximum Gasteiger partial charge on any atom is 0.243 e. The molecule has 0 heterocycles. The minimum atomic E-state index is -0.450. The molecule has 2 atom stereocenters. The highest BCUT2D eigenvalue weighted by molar-refractivity contribution is 5.88. The van der Waals surface area contributed by atoms with Gasteiger partial charge in [-0.15, -0.1) is 0 Å². The van der Waals surface area contributed by atoms with Gasteiger partial charge in [0.2, 0.25) is 11.8 Å². The maximum atomic E-state index is 13.1. The molecule has 0 unspecified atom stereocenters. The van der Waals surface area contributed by atoms with Crippen molar-refractivity contribution < 1.29 is 9.59 Å². The van der Waals surface area contributed by atoms with Crippen LogP contribution in [0.5, 0.6) is 0 Å². The number of hydrogen-bond donors (Lipinski definition) is 1. The van der Waals surface area contributed by atoms with E-state index in [1.807, 2.05) is 69.3 Å². The zero-order chi connectivity index (χ0) is 20.4. The van der Waals surface area contributed by atoms with Crippen LogP contribution in [-0.4, -0.2) is 35.3 Å². The molecule has 4 heteroatoms. The number of amides is 2. The van der Waals surface area contributed by atoms with Crippen LogP contribution in [0, 0.1) is 0 Å². The summed E-state index contributed by atoms with van der Waals surface area (Å²) in [5, 5.41) is 3.05. The van der Waals surface area contributed by atoms with Crippen LogP contribution in [0.4, 0.5) is 0 Å². The van der Waals surface area contributed by atoms with E-state index < -0.39 is 6.04 Å². The smallest absolute Gasteiger partial charge is 0.243 e. The highest BCUT2D eigenvalue weighted by Crippen LogP contribution is 2.12. The Morgan fingerprint density at radius 3 is 2.00 bits per heavy atom. The molecule has 0 aliphatic rings. The molecule has 0 aliphatic carbocycles. The predicted octanol–water partition coefficient (Wildman–Crippen LogP) is 3.99. The highest BCUT2D eigenvalue weighted by atomic mass is 16.2. The molecule has 2 rings (SSSR count). The Balaban J connectivity index is 2.17. The number of nitrogens with zero attached hydrogens (tertiary/aromatic N) is 1. The van der Waals surface area contributed by atoms with Crippen molar-refractivity contribution in [2.45, 2.75) is 58.5 Å². The highest BCUT2D eigenvalue weighted by Gasteiger charge is 2.28. The van der Waals surface area contributed by atoms with Gasteiger partial charge in [-0.3, -0.25) is 9.59 Å². The van der Waals surface area contributed by atoms with Crippen LogP contribution in [0.15, 0.2) is 60.7 Å². The van der Waals surface area contributed by atoms with Gasteiger partial charge in [0, 0.05) is 12.6 Å². The van der Waals surface area contributed by atoms with E-state index in [-0.39, 0.29) is 17.9 Å². The summed E-state index contributed by atoms with van der Waals surface area (Å²) in [6.07, 6.45) is 2.50. The Kier molecular flexibility index (Phi) is 8.73. The monoisotopic (exact) mass is 380 g/mol. The van der Waals surface area contributed by atoms with Crippen LogP contribution in [0.1, 0.15) is 44.7 Å². The topological polar surface area (TPSA) is 49.4 Å². The zero-order valence-corrected chi connectivity index (χ0v) is 17.2. The normalized spacial score (nSPS) is 12.8. The van der Waals surface area contributed by atoms with Crippen molar-refractivity contribution in [2.75, 3.05) is 6.54 Å². The molecular formula is C24H32N2O2. The van der Waals surface area contributed by atoms with Crippen molar-refractivity contribution in [3.8, 4) is 0 Å². The van der Waals surface area contributed by atoms with Crippen molar-refractivity contribution >= 4 is 11.8 Å². The molecular weight excluding hydrogens is 348 g/mol. The lowest BCUT2D eigenvalue weighted by atomic mass is 10.1. The second-order valence-corrected chi connectivity index (χ2v) is 7.23. The number of hydrogen-bond acceptors (Lipinski definition) is 2. The van der Waals surface area contributed by atoms with Crippen LogP contribution in [-0.2, 0) is 22.4 Å². The molecule has 2 aromatic carbocycles. The molecule has 0 spiro atoms. The first kappa shape index (κ1) is 21.7. The summed E-state index contributed by atoms with van der Waals surface area (Å²) in [5.74, 6) is -0.0698. The van der Waals surface area contributed by atoms with E-state index in [4.69, 9.17) is 0 Å². The average Bonchev–Trinajstić information content (AvgIpc) is 2.72. The molecule has 28 heavy (non-hydrogen) atoms. The zero-order valence-electron chi connectivity index (χ0n) is 17.2. The minimum Gasteiger partial charge on any atom is -0.352 e. The van der Waals surface area contributed by atoms with Crippen LogP contribution >= 0.6 is 0 Å². The van der Waals surface area contributed by atoms with Crippen molar-refractivity contribution in [1.29, 1.82) is 0 Å². The van der Waals surface area contributed by atoms with Gasteiger partial charge in [-0.1, -0.05) is 74.5 Å². The van der Waals surface area contributed by atoms with E-state index in [9.17, 15) is 9.59 Å². The molecule has 0 radical (unpaired) electrons. The standard InChI is InChI=1S/C24H32N2O2/c1-4-19(3)25-24(28)22(5-2)26(17-16-20-12-8-6-9-13-20)23(27)18-21-14-10-7-11-15-21/h6-15,19,22H,4-5,16-18H2,1-3H3,(H,25,28)/t19-,22-/m1/s1. The van der Waals surface area contributed by atoms with Gasteiger partial charge in [-0.05, 0) is 37.3 Å². The molecule has 0 aliphatic heterocycles. The Bertz CT molecular complexity index is 731. The Hall–Kier alpha value is -2.62. The third kappa shape index (κ3) is 6.52. The molecule has 0 saturated carbocycles. The van der Waals surface area contributed by atoms with E-state index in [1.54, 1.807) is 4.90 Å². The van der Waals surface area contributed by atoms with Crippen molar-refractivity contribution in [2.24, 2.45) is 0 Å².